The highest BCUT2D eigenvalue weighted by Gasteiger charge is 2.42. The molecule has 11 heteroatoms. The maximum atomic E-state index is 13.3. The minimum atomic E-state index is -4.92. The third kappa shape index (κ3) is 8.29. The number of ether oxygens (including phenoxy) is 3. The maximum Gasteiger partial charge on any atom is 0.421 e. The van der Waals surface area contributed by atoms with Crippen LogP contribution in [0.3, 0.4) is 0 Å². The molecule has 0 saturated heterocycles. The minimum Gasteiger partial charge on any atom is -0.489 e. The molecule has 0 bridgehead atoms. The Morgan fingerprint density at radius 1 is 0.977 bits per heavy atom. The number of aliphatic hydroxyl groups excluding tert-OH is 1. The van der Waals surface area contributed by atoms with Crippen LogP contribution in [-0.4, -0.2) is 36.1 Å². The van der Waals surface area contributed by atoms with E-state index in [1.165, 1.54) is 7.11 Å². The summed E-state index contributed by atoms with van der Waals surface area (Å²) in [5.74, 6) is -0.631. The van der Waals surface area contributed by atoms with E-state index in [-0.39, 0.29) is 25.2 Å². The Kier molecular flexibility index (Phi) is 9.34. The van der Waals surface area contributed by atoms with Gasteiger partial charge in [-0.25, -0.2) is 4.79 Å². The van der Waals surface area contributed by atoms with Crippen molar-refractivity contribution in [1.29, 1.82) is 0 Å². The number of fused-ring (bicyclic) bond motifs is 1. The van der Waals surface area contributed by atoms with Gasteiger partial charge in [0.2, 0.25) is 6.10 Å². The number of halogens is 3. The zero-order valence-electron chi connectivity index (χ0n) is 24.1. The number of carbonyl (C=O) groups is 2. The molecule has 2 N–H and O–H groups in total. The van der Waals surface area contributed by atoms with Crippen molar-refractivity contribution in [1.82, 2.24) is 5.32 Å². The summed E-state index contributed by atoms with van der Waals surface area (Å²) in [5.41, 5.74) is 2.45. The summed E-state index contributed by atoms with van der Waals surface area (Å²) in [6.45, 7) is 5.41. The Labute approximate surface area is 246 Å². The number of hydrogen-bond donors (Lipinski definition) is 2. The normalized spacial score (nSPS) is 12.6. The molecule has 3 aromatic carbocycles. The molecule has 0 aliphatic heterocycles. The molecule has 0 spiro atoms. The van der Waals surface area contributed by atoms with Crippen molar-refractivity contribution in [3.8, 4) is 16.9 Å². The number of hydrogen-bond acceptors (Lipinski definition) is 7. The number of rotatable bonds is 9. The van der Waals surface area contributed by atoms with Crippen LogP contribution in [0.25, 0.3) is 22.1 Å². The van der Waals surface area contributed by atoms with Crippen LogP contribution in [0.5, 0.6) is 5.75 Å². The number of alkyl carbamates (subject to hydrolysis) is 1. The number of methoxy groups -OCH3 is 1. The van der Waals surface area contributed by atoms with E-state index in [0.717, 1.165) is 6.07 Å². The molecule has 0 fully saturated rings. The zero-order valence-corrected chi connectivity index (χ0v) is 24.1. The predicted octanol–water partition coefficient (Wildman–Crippen LogP) is 7.01. The first-order chi connectivity index (χ1) is 20.2. The van der Waals surface area contributed by atoms with Gasteiger partial charge in [-0.2, -0.15) is 13.2 Å². The summed E-state index contributed by atoms with van der Waals surface area (Å²) in [5, 5.41) is 12.9. The predicted molar refractivity (Wildman–Crippen MR) is 152 cm³/mol. The molecule has 0 radical (unpaired) electrons. The molecular weight excluding hydrogens is 567 g/mol. The van der Waals surface area contributed by atoms with Gasteiger partial charge in [0.15, 0.2) is 0 Å². The molecule has 0 saturated carbocycles. The van der Waals surface area contributed by atoms with Crippen molar-refractivity contribution in [2.75, 3.05) is 7.11 Å². The molecule has 0 aliphatic rings. The summed E-state index contributed by atoms with van der Waals surface area (Å²) >= 11 is 0. The fourth-order valence-electron chi connectivity index (χ4n) is 4.35. The Bertz CT molecular complexity index is 1600. The molecule has 1 aromatic heterocycles. The number of alkyl halides is 3. The lowest BCUT2D eigenvalue weighted by molar-refractivity contribution is -0.211. The third-order valence-electron chi connectivity index (χ3n) is 6.28. The largest absolute Gasteiger partial charge is 0.489 e. The zero-order chi connectivity index (χ0) is 31.4. The number of nitrogens with one attached hydrogen (secondary N) is 1. The first-order valence-electron chi connectivity index (χ1n) is 13.4. The number of para-hydroxylation sites is 1. The molecule has 1 heterocycles. The van der Waals surface area contributed by atoms with Gasteiger partial charge in [-0.15, -0.1) is 0 Å². The minimum absolute atomic E-state index is 0.00149. The van der Waals surface area contributed by atoms with Crippen LogP contribution in [0.2, 0.25) is 0 Å². The van der Waals surface area contributed by atoms with Crippen LogP contribution in [0.15, 0.2) is 71.1 Å². The number of amides is 1. The highest BCUT2D eigenvalue weighted by molar-refractivity contribution is 5.94. The highest BCUT2D eigenvalue weighted by atomic mass is 19.4. The van der Waals surface area contributed by atoms with Crippen molar-refractivity contribution < 1.29 is 46.5 Å². The van der Waals surface area contributed by atoms with E-state index in [4.69, 9.17) is 18.6 Å². The molecule has 4 rings (SSSR count). The average molecular weight is 600 g/mol. The van der Waals surface area contributed by atoms with E-state index in [1.807, 2.05) is 0 Å². The lowest BCUT2D eigenvalue weighted by Gasteiger charge is -2.19. The highest BCUT2D eigenvalue weighted by Crippen LogP contribution is 2.39. The molecule has 1 atom stereocenters. The number of carbonyl (C=O) groups excluding carboxylic acids is 2. The lowest BCUT2D eigenvalue weighted by Crippen LogP contribution is -2.32. The summed E-state index contributed by atoms with van der Waals surface area (Å²) < 4.78 is 61.6. The van der Waals surface area contributed by atoms with E-state index in [9.17, 15) is 27.9 Å². The van der Waals surface area contributed by atoms with E-state index >= 15 is 0 Å². The Hall–Kier alpha value is -4.51. The quantitative estimate of drug-likeness (QED) is 0.199. The van der Waals surface area contributed by atoms with Gasteiger partial charge in [0.05, 0.1) is 13.5 Å². The first-order valence-corrected chi connectivity index (χ1v) is 13.4. The molecule has 43 heavy (non-hydrogen) atoms. The van der Waals surface area contributed by atoms with Crippen LogP contribution in [0, 0.1) is 0 Å². The van der Waals surface area contributed by atoms with E-state index in [0.29, 0.717) is 39.0 Å². The maximum absolute atomic E-state index is 13.3. The molecule has 1 amide bonds. The Morgan fingerprint density at radius 3 is 2.42 bits per heavy atom. The van der Waals surface area contributed by atoms with Gasteiger partial charge in [0.25, 0.3) is 0 Å². The number of aliphatic hydroxyl groups is 1. The van der Waals surface area contributed by atoms with E-state index < -0.39 is 35.7 Å². The third-order valence-corrected chi connectivity index (χ3v) is 6.28. The molecule has 228 valence electrons. The van der Waals surface area contributed by atoms with Gasteiger partial charge in [0.1, 0.15) is 29.3 Å². The fraction of sp³-hybridized carbons (Fsp3) is 0.312. The van der Waals surface area contributed by atoms with Crippen molar-refractivity contribution in [2.45, 2.75) is 58.2 Å². The van der Waals surface area contributed by atoms with Crippen molar-refractivity contribution >= 4 is 23.0 Å². The van der Waals surface area contributed by atoms with Crippen molar-refractivity contribution in [3.05, 3.63) is 89.2 Å². The van der Waals surface area contributed by atoms with Gasteiger partial charge in [-0.1, -0.05) is 36.4 Å². The van der Waals surface area contributed by atoms with Crippen LogP contribution in [-0.2, 0) is 33.8 Å². The van der Waals surface area contributed by atoms with Gasteiger partial charge >= 0.3 is 18.2 Å². The molecule has 0 aliphatic carbocycles. The first kappa shape index (κ1) is 31.4. The van der Waals surface area contributed by atoms with Crippen LogP contribution in [0.4, 0.5) is 18.0 Å². The van der Waals surface area contributed by atoms with Crippen molar-refractivity contribution in [3.63, 3.8) is 0 Å². The topological polar surface area (TPSA) is 107 Å². The lowest BCUT2D eigenvalue weighted by atomic mass is 9.98. The summed E-state index contributed by atoms with van der Waals surface area (Å²) in [6, 6.07) is 18.5. The van der Waals surface area contributed by atoms with Gasteiger partial charge < -0.3 is 29.1 Å². The van der Waals surface area contributed by atoms with Gasteiger partial charge in [0, 0.05) is 23.1 Å². The molecular formula is C32H32F3NO7. The average Bonchev–Trinajstić information content (AvgIpc) is 3.37. The van der Waals surface area contributed by atoms with Crippen LogP contribution < -0.4 is 10.1 Å². The summed E-state index contributed by atoms with van der Waals surface area (Å²) in [6.07, 6.45) is -8.32. The monoisotopic (exact) mass is 599 g/mol. The second-order valence-corrected chi connectivity index (χ2v) is 10.9. The number of furan rings is 1. The molecule has 4 aromatic rings. The SMILES string of the molecule is COC(=O)Cc1ccccc1OCc1cc(-c2cccc(CNC(=O)OC(C)(C)C)c2)c2oc(C(O)C(F)(F)F)cc2c1. The van der Waals surface area contributed by atoms with Gasteiger partial charge in [-0.05, 0) is 67.8 Å². The van der Waals surface area contributed by atoms with Crippen LogP contribution in [0.1, 0.15) is 49.3 Å². The van der Waals surface area contributed by atoms with E-state index in [1.54, 1.807) is 81.4 Å². The summed E-state index contributed by atoms with van der Waals surface area (Å²) in [7, 11) is 1.29. The van der Waals surface area contributed by atoms with Gasteiger partial charge in [-0.3, -0.25) is 4.79 Å². The second kappa shape index (κ2) is 12.8. The fourth-order valence-corrected chi connectivity index (χ4v) is 4.35. The van der Waals surface area contributed by atoms with E-state index in [2.05, 4.69) is 5.32 Å². The Balaban J connectivity index is 1.69. The standard InChI is InChI=1S/C32H32F3NO7/c1-31(2,3)43-30(39)36-17-19-8-7-10-21(12-19)24-14-20(13-23-15-26(42-28(23)24)29(38)32(33,34)35)18-41-25-11-6-5-9-22(25)16-27(37)40-4/h5-15,29,38H,16-18H2,1-4H3,(H,36,39). The molecule has 8 nitrogen and oxygen atoms in total. The second-order valence-electron chi connectivity index (χ2n) is 10.9. The smallest absolute Gasteiger partial charge is 0.421 e. The Morgan fingerprint density at radius 2 is 1.72 bits per heavy atom. The number of esters is 1. The number of benzene rings is 3. The van der Waals surface area contributed by atoms with Crippen molar-refractivity contribution in [2.24, 2.45) is 0 Å². The van der Waals surface area contributed by atoms with Crippen LogP contribution >= 0.6 is 0 Å². The molecule has 1 unspecified atom stereocenters. The summed E-state index contributed by atoms with van der Waals surface area (Å²) in [4.78, 5) is 24.0.